The second kappa shape index (κ2) is 8.51. The number of thiophene rings is 1. The average Bonchev–Trinajstić information content (AvgIpc) is 3.28. The Labute approximate surface area is 218 Å². The first-order chi connectivity index (χ1) is 17.9. The van der Waals surface area contributed by atoms with Crippen molar-refractivity contribution >= 4 is 42.5 Å². The van der Waals surface area contributed by atoms with Crippen LogP contribution in [0.5, 0.6) is 0 Å². The largest absolute Gasteiger partial charge is 0.393 e. The molecule has 1 aliphatic heterocycles. The fourth-order valence-corrected chi connectivity index (χ4v) is 8.36. The maximum absolute atomic E-state index is 15.6. The summed E-state index contributed by atoms with van der Waals surface area (Å²) in [4.78, 5) is 4.68. The zero-order chi connectivity index (χ0) is 26.1. The molecule has 0 bridgehead atoms. The van der Waals surface area contributed by atoms with Crippen LogP contribution < -0.4 is 4.57 Å². The third kappa shape index (κ3) is 2.99. The number of halogens is 2. The summed E-state index contributed by atoms with van der Waals surface area (Å²) in [5.74, 6) is -0.615. The smallest absolute Gasteiger partial charge is 0.334 e. The molecular formula is C30H29F2N2O2S+. The van der Waals surface area contributed by atoms with E-state index in [4.69, 9.17) is 4.74 Å². The summed E-state index contributed by atoms with van der Waals surface area (Å²) in [6.07, 6.45) is 2.43. The molecule has 0 spiro atoms. The molecule has 6 rings (SSSR count). The molecule has 5 aromatic rings. The van der Waals surface area contributed by atoms with Crippen molar-refractivity contribution in [1.29, 1.82) is 0 Å². The molecule has 0 saturated carbocycles. The maximum atomic E-state index is 15.6. The summed E-state index contributed by atoms with van der Waals surface area (Å²) >= 11 is 1.57. The molecule has 3 unspecified atom stereocenters. The molecule has 2 aromatic carbocycles. The number of ether oxygens (including phenoxy) is 1. The first-order valence-corrected chi connectivity index (χ1v) is 13.5. The van der Waals surface area contributed by atoms with Gasteiger partial charge in [-0.2, -0.15) is 0 Å². The van der Waals surface area contributed by atoms with Crippen molar-refractivity contribution in [2.45, 2.75) is 50.7 Å². The van der Waals surface area contributed by atoms with Gasteiger partial charge in [0.15, 0.2) is 0 Å². The fraction of sp³-hybridized carbons (Fsp3) is 0.333. The molecule has 1 aliphatic rings. The molecular weight excluding hydrogens is 490 g/mol. The molecule has 3 atom stereocenters. The van der Waals surface area contributed by atoms with E-state index in [0.717, 1.165) is 37.7 Å². The van der Waals surface area contributed by atoms with Crippen LogP contribution >= 0.6 is 11.3 Å². The van der Waals surface area contributed by atoms with Crippen LogP contribution in [0.2, 0.25) is 0 Å². The number of aliphatic hydroxyl groups is 1. The molecule has 0 aliphatic carbocycles. The van der Waals surface area contributed by atoms with Crippen LogP contribution in [0.4, 0.5) is 8.78 Å². The maximum Gasteiger partial charge on any atom is 0.334 e. The van der Waals surface area contributed by atoms with Gasteiger partial charge in [0.2, 0.25) is 0 Å². The minimum atomic E-state index is -0.788. The Morgan fingerprint density at radius 2 is 1.84 bits per heavy atom. The van der Waals surface area contributed by atoms with Crippen molar-refractivity contribution in [3.8, 4) is 11.3 Å². The molecule has 0 amide bonds. The van der Waals surface area contributed by atoms with E-state index in [1.54, 1.807) is 48.9 Å². The van der Waals surface area contributed by atoms with E-state index < -0.39 is 17.1 Å². The van der Waals surface area contributed by atoms with Gasteiger partial charge in [-0.15, -0.1) is 11.3 Å². The van der Waals surface area contributed by atoms with E-state index in [1.807, 2.05) is 6.07 Å². The summed E-state index contributed by atoms with van der Waals surface area (Å²) in [7, 11) is 1.62. The highest BCUT2D eigenvalue weighted by Gasteiger charge is 2.62. The minimum Gasteiger partial charge on any atom is -0.393 e. The van der Waals surface area contributed by atoms with Gasteiger partial charge in [0.25, 0.3) is 0 Å². The first-order valence-electron chi connectivity index (χ1n) is 12.6. The Bertz CT molecular complexity index is 1700. The van der Waals surface area contributed by atoms with Crippen LogP contribution in [0.1, 0.15) is 39.2 Å². The van der Waals surface area contributed by atoms with E-state index in [0.29, 0.717) is 23.1 Å². The summed E-state index contributed by atoms with van der Waals surface area (Å²) in [5, 5.41) is 13.2. The Kier molecular flexibility index (Phi) is 5.60. The van der Waals surface area contributed by atoms with E-state index in [9.17, 15) is 9.50 Å². The fourth-order valence-electron chi connectivity index (χ4n) is 6.96. The number of aromatic nitrogens is 2. The predicted molar refractivity (Wildman–Crippen MR) is 144 cm³/mol. The van der Waals surface area contributed by atoms with Gasteiger partial charge in [-0.05, 0) is 53.7 Å². The molecule has 0 saturated heterocycles. The third-order valence-corrected chi connectivity index (χ3v) is 9.96. The van der Waals surface area contributed by atoms with Gasteiger partial charge in [-0.1, -0.05) is 32.9 Å². The van der Waals surface area contributed by atoms with Gasteiger partial charge >= 0.3 is 5.65 Å². The quantitative estimate of drug-likeness (QED) is 0.265. The van der Waals surface area contributed by atoms with E-state index in [2.05, 4.69) is 42.5 Å². The lowest BCUT2D eigenvalue weighted by atomic mass is 9.57. The number of hydrogen-bond acceptors (Lipinski definition) is 4. The highest BCUT2D eigenvalue weighted by Crippen LogP contribution is 2.56. The monoisotopic (exact) mass is 519 g/mol. The van der Waals surface area contributed by atoms with Crippen LogP contribution in [-0.4, -0.2) is 29.9 Å². The summed E-state index contributed by atoms with van der Waals surface area (Å²) in [5.41, 5.74) is 1.91. The van der Waals surface area contributed by atoms with E-state index in [-0.39, 0.29) is 18.2 Å². The molecule has 4 nitrogen and oxygen atoms in total. The van der Waals surface area contributed by atoms with Gasteiger partial charge in [0.1, 0.15) is 40.6 Å². The number of methoxy groups -OCH3 is 1. The summed E-state index contributed by atoms with van der Waals surface area (Å²) < 4.78 is 39.9. The SMILES string of the molecule is CCC1(C)c2c(ccc3c2sc2cc(F)ccc23)-c2cc(F)c3cccnc3[n+]2C1(CC)C(CO)OC. The van der Waals surface area contributed by atoms with Crippen molar-refractivity contribution in [3.63, 3.8) is 0 Å². The number of benzene rings is 2. The van der Waals surface area contributed by atoms with Crippen LogP contribution in [0, 0.1) is 11.6 Å². The number of pyridine rings is 2. The zero-order valence-corrected chi connectivity index (χ0v) is 22.1. The number of nitrogens with zero attached hydrogens (tertiary/aromatic N) is 2. The standard InChI is InChI=1S/C30H29F2N2O2S/c1-5-29(3)26-21(12-11-19-18-10-9-17(31)14-24(18)37-27(19)26)23-15-22(32)20-8-7-13-33-28(20)34(23)30(29,6-2)25(16-35)36-4/h7-15,25,35H,5-6,16H2,1-4H3/q+1. The Balaban J connectivity index is 1.88. The third-order valence-electron chi connectivity index (χ3n) is 8.78. The second-order valence-corrected chi connectivity index (χ2v) is 11.1. The second-order valence-electron chi connectivity index (χ2n) is 10.1. The van der Waals surface area contributed by atoms with Gasteiger partial charge in [0.05, 0.1) is 6.61 Å². The normalized spacial score (nSPS) is 21.9. The van der Waals surface area contributed by atoms with Crippen molar-refractivity contribution in [2.24, 2.45) is 0 Å². The van der Waals surface area contributed by atoms with Crippen molar-refractivity contribution in [2.75, 3.05) is 13.7 Å². The molecule has 1 N–H and O–H groups in total. The van der Waals surface area contributed by atoms with Crippen LogP contribution in [0.3, 0.4) is 0 Å². The van der Waals surface area contributed by atoms with Gasteiger partial charge in [0, 0.05) is 44.3 Å². The Hall–Kier alpha value is -3.00. The average molecular weight is 520 g/mol. The summed E-state index contributed by atoms with van der Waals surface area (Å²) in [6.45, 7) is 6.25. The Morgan fingerprint density at radius 3 is 2.54 bits per heavy atom. The Morgan fingerprint density at radius 1 is 1.05 bits per heavy atom. The van der Waals surface area contributed by atoms with Crippen molar-refractivity contribution < 1.29 is 23.2 Å². The van der Waals surface area contributed by atoms with Crippen LogP contribution in [0.15, 0.2) is 54.7 Å². The summed E-state index contributed by atoms with van der Waals surface area (Å²) in [6, 6.07) is 14.1. The molecule has 4 heterocycles. The topological polar surface area (TPSA) is 46.2 Å². The lowest BCUT2D eigenvalue weighted by molar-refractivity contribution is -0.758. The first kappa shape index (κ1) is 24.3. The van der Waals surface area contributed by atoms with Gasteiger partial charge < -0.3 is 9.84 Å². The molecule has 7 heteroatoms. The van der Waals surface area contributed by atoms with Gasteiger partial charge in [-0.3, -0.25) is 0 Å². The van der Waals surface area contributed by atoms with E-state index >= 15 is 4.39 Å². The lowest BCUT2D eigenvalue weighted by Crippen LogP contribution is -2.75. The number of aliphatic hydroxyl groups excluding tert-OH is 1. The number of fused-ring (bicyclic) bond motifs is 9. The predicted octanol–water partition coefficient (Wildman–Crippen LogP) is 6.63. The zero-order valence-electron chi connectivity index (χ0n) is 21.3. The highest BCUT2D eigenvalue weighted by atomic mass is 32.1. The molecule has 190 valence electrons. The van der Waals surface area contributed by atoms with Crippen LogP contribution in [0.25, 0.3) is 42.5 Å². The molecule has 3 aromatic heterocycles. The van der Waals surface area contributed by atoms with Gasteiger partial charge in [-0.25, -0.2) is 13.3 Å². The molecule has 0 radical (unpaired) electrons. The van der Waals surface area contributed by atoms with E-state index in [1.165, 1.54) is 6.07 Å². The molecule has 0 fully saturated rings. The van der Waals surface area contributed by atoms with Crippen molar-refractivity contribution in [1.82, 2.24) is 4.98 Å². The number of hydrogen-bond donors (Lipinski definition) is 1. The van der Waals surface area contributed by atoms with Crippen molar-refractivity contribution in [3.05, 3.63) is 71.9 Å². The highest BCUT2D eigenvalue weighted by molar-refractivity contribution is 7.26. The lowest BCUT2D eigenvalue weighted by Gasteiger charge is -2.53. The molecule has 37 heavy (non-hydrogen) atoms. The van der Waals surface area contributed by atoms with Crippen LogP contribution in [-0.2, 0) is 15.7 Å². The minimum absolute atomic E-state index is 0.207. The number of rotatable bonds is 5.